The predicted octanol–water partition coefficient (Wildman–Crippen LogP) is 7.31. The molecule has 206 valence electrons. The summed E-state index contributed by atoms with van der Waals surface area (Å²) < 4.78 is 43.3. The number of para-hydroxylation sites is 1. The Kier molecular flexibility index (Phi) is 8.09. The maximum atomic E-state index is 13.1. The van der Waals surface area contributed by atoms with Gasteiger partial charge in [-0.2, -0.15) is 18.2 Å². The van der Waals surface area contributed by atoms with Crippen LogP contribution in [0.15, 0.2) is 42.6 Å². The Hall–Kier alpha value is -2.79. The van der Waals surface area contributed by atoms with E-state index in [1.165, 1.54) is 11.1 Å². The van der Waals surface area contributed by atoms with Crippen molar-refractivity contribution in [3.05, 3.63) is 68.8 Å². The summed E-state index contributed by atoms with van der Waals surface area (Å²) in [5.74, 6) is 0.113. The molecule has 0 saturated carbocycles. The van der Waals surface area contributed by atoms with Crippen molar-refractivity contribution in [2.24, 2.45) is 0 Å². The molecule has 13 heteroatoms. The molecule has 1 aromatic heterocycles. The highest BCUT2D eigenvalue weighted by Crippen LogP contribution is 2.38. The van der Waals surface area contributed by atoms with Crippen molar-refractivity contribution in [3.8, 4) is 5.88 Å². The van der Waals surface area contributed by atoms with E-state index >= 15 is 0 Å². The van der Waals surface area contributed by atoms with Gasteiger partial charge in [-0.3, -0.25) is 9.69 Å². The van der Waals surface area contributed by atoms with Crippen molar-refractivity contribution >= 4 is 58.0 Å². The number of carbonyl (C=O) groups is 1. The molecule has 3 heterocycles. The standard InChI is InChI=1S/C26H23Cl3F3N5O2/c27-19-2-1-3-20(28)22(19)37-14-39-23-18(24(37)38)13-33-25(35-23)34-16-4-5-17(21(29)12-16)15-6-9-36(10-7-15)11-8-26(30,31)32/h1-5,12-13,15H,6-11,14H2,(H,33,34,35). The van der Waals surface area contributed by atoms with Crippen LogP contribution in [0.5, 0.6) is 5.88 Å². The van der Waals surface area contributed by atoms with E-state index < -0.39 is 18.5 Å². The largest absolute Gasteiger partial charge is 0.455 e. The number of alkyl halides is 3. The van der Waals surface area contributed by atoms with Crippen LogP contribution in [0.3, 0.4) is 0 Å². The molecule has 2 aliphatic heterocycles. The number of nitrogens with one attached hydrogen (secondary N) is 1. The van der Waals surface area contributed by atoms with E-state index in [4.69, 9.17) is 39.5 Å². The normalized spacial score (nSPS) is 16.7. The first kappa shape index (κ1) is 27.8. The lowest BCUT2D eigenvalue weighted by atomic mass is 9.89. The molecule has 0 radical (unpaired) electrons. The Labute approximate surface area is 237 Å². The van der Waals surface area contributed by atoms with Crippen LogP contribution in [0.1, 0.15) is 41.1 Å². The highest BCUT2D eigenvalue weighted by atomic mass is 35.5. The molecular weight excluding hydrogens is 578 g/mol. The minimum absolute atomic E-state index is 0.0225. The van der Waals surface area contributed by atoms with Crippen LogP contribution in [-0.4, -0.2) is 53.3 Å². The zero-order valence-electron chi connectivity index (χ0n) is 20.4. The van der Waals surface area contributed by atoms with Gasteiger partial charge in [0.1, 0.15) is 5.56 Å². The molecule has 3 aromatic rings. The summed E-state index contributed by atoms with van der Waals surface area (Å²) in [5, 5.41) is 4.25. The molecule has 0 atom stereocenters. The second-order valence-electron chi connectivity index (χ2n) is 9.33. The van der Waals surface area contributed by atoms with Crippen molar-refractivity contribution in [2.45, 2.75) is 31.4 Å². The van der Waals surface area contributed by atoms with E-state index in [1.807, 2.05) is 17.0 Å². The third-order valence-electron chi connectivity index (χ3n) is 6.76. The second-order valence-corrected chi connectivity index (χ2v) is 10.6. The summed E-state index contributed by atoms with van der Waals surface area (Å²) >= 11 is 19.1. The van der Waals surface area contributed by atoms with Gasteiger partial charge in [0.05, 0.1) is 22.2 Å². The van der Waals surface area contributed by atoms with E-state index in [0.717, 1.165) is 18.4 Å². The Morgan fingerprint density at radius 1 is 1.05 bits per heavy atom. The molecule has 2 aromatic carbocycles. The van der Waals surface area contributed by atoms with Crippen molar-refractivity contribution in [3.63, 3.8) is 0 Å². The Balaban J connectivity index is 1.23. The first-order valence-corrected chi connectivity index (χ1v) is 13.3. The average Bonchev–Trinajstić information content (AvgIpc) is 2.89. The number of benzene rings is 2. The van der Waals surface area contributed by atoms with E-state index in [0.29, 0.717) is 39.5 Å². The number of aromatic nitrogens is 2. The average molecular weight is 601 g/mol. The molecule has 0 unspecified atom stereocenters. The fourth-order valence-electron chi connectivity index (χ4n) is 4.74. The van der Waals surface area contributed by atoms with Crippen LogP contribution in [0.2, 0.25) is 15.1 Å². The second kappa shape index (κ2) is 11.4. The molecule has 2 aliphatic rings. The molecule has 1 amide bonds. The zero-order valence-corrected chi connectivity index (χ0v) is 22.7. The van der Waals surface area contributed by atoms with Gasteiger partial charge in [0, 0.05) is 23.5 Å². The summed E-state index contributed by atoms with van der Waals surface area (Å²) in [6.07, 6.45) is -2.10. The first-order valence-electron chi connectivity index (χ1n) is 12.2. The Bertz CT molecular complexity index is 1360. The lowest BCUT2D eigenvalue weighted by molar-refractivity contribution is -0.138. The first-order chi connectivity index (χ1) is 18.6. The van der Waals surface area contributed by atoms with Crippen molar-refractivity contribution in [1.29, 1.82) is 0 Å². The maximum Gasteiger partial charge on any atom is 0.390 e. The number of carbonyl (C=O) groups excluding carboxylic acids is 1. The lowest BCUT2D eigenvalue weighted by Crippen LogP contribution is -2.39. The van der Waals surface area contributed by atoms with Crippen molar-refractivity contribution in [1.82, 2.24) is 14.9 Å². The van der Waals surface area contributed by atoms with Gasteiger partial charge in [-0.15, -0.1) is 0 Å². The van der Waals surface area contributed by atoms with E-state index in [2.05, 4.69) is 15.3 Å². The van der Waals surface area contributed by atoms with Gasteiger partial charge in [0.15, 0.2) is 6.73 Å². The van der Waals surface area contributed by atoms with E-state index in [-0.39, 0.29) is 36.6 Å². The molecule has 39 heavy (non-hydrogen) atoms. The van der Waals surface area contributed by atoms with Gasteiger partial charge in [-0.1, -0.05) is 46.9 Å². The predicted molar refractivity (Wildman–Crippen MR) is 145 cm³/mol. The van der Waals surface area contributed by atoms with Crippen molar-refractivity contribution in [2.75, 3.05) is 36.6 Å². The number of fused-ring (bicyclic) bond motifs is 1. The Morgan fingerprint density at radius 3 is 2.44 bits per heavy atom. The summed E-state index contributed by atoms with van der Waals surface area (Å²) in [4.78, 5) is 24.8. The molecular formula is C26H23Cl3F3N5O2. The zero-order chi connectivity index (χ0) is 27.7. The van der Waals surface area contributed by atoms with Gasteiger partial charge < -0.3 is 15.0 Å². The van der Waals surface area contributed by atoms with Crippen LogP contribution < -0.4 is 15.0 Å². The third-order valence-corrected chi connectivity index (χ3v) is 7.70. The van der Waals surface area contributed by atoms with Crippen LogP contribution in [0.25, 0.3) is 0 Å². The van der Waals surface area contributed by atoms with Crippen LogP contribution in [0, 0.1) is 0 Å². The minimum Gasteiger partial charge on any atom is -0.455 e. The topological polar surface area (TPSA) is 70.6 Å². The van der Waals surface area contributed by atoms with Crippen LogP contribution >= 0.6 is 34.8 Å². The van der Waals surface area contributed by atoms with Crippen LogP contribution in [-0.2, 0) is 0 Å². The molecule has 1 saturated heterocycles. The SMILES string of the molecule is O=C1c2cnc(Nc3ccc(C4CCN(CCC(F)(F)F)CC4)c(Cl)c3)nc2OCN1c1c(Cl)cccc1Cl. The quantitative estimate of drug-likeness (QED) is 0.320. The molecule has 0 spiro atoms. The molecule has 7 nitrogen and oxygen atoms in total. The summed E-state index contributed by atoms with van der Waals surface area (Å²) in [6, 6.07) is 10.4. The Morgan fingerprint density at radius 2 is 1.77 bits per heavy atom. The smallest absolute Gasteiger partial charge is 0.390 e. The lowest BCUT2D eigenvalue weighted by Gasteiger charge is -2.32. The summed E-state index contributed by atoms with van der Waals surface area (Å²) in [6.45, 7) is 1.09. The third kappa shape index (κ3) is 6.35. The monoisotopic (exact) mass is 599 g/mol. The van der Waals surface area contributed by atoms with Gasteiger partial charge in [-0.25, -0.2) is 4.98 Å². The molecule has 1 N–H and O–H groups in total. The summed E-state index contributed by atoms with van der Waals surface area (Å²) in [7, 11) is 0. The number of piperidine rings is 1. The number of likely N-dealkylation sites (tertiary alicyclic amines) is 1. The molecule has 0 aliphatic carbocycles. The molecule has 0 bridgehead atoms. The number of ether oxygens (including phenoxy) is 1. The molecule has 5 rings (SSSR count). The number of hydrogen-bond donors (Lipinski definition) is 1. The molecule has 1 fully saturated rings. The van der Waals surface area contributed by atoms with Crippen molar-refractivity contribution < 1.29 is 22.7 Å². The van der Waals surface area contributed by atoms with Gasteiger partial charge in [-0.05, 0) is 61.7 Å². The van der Waals surface area contributed by atoms with Crippen LogP contribution in [0.4, 0.5) is 30.5 Å². The van der Waals surface area contributed by atoms with Gasteiger partial charge in [0.25, 0.3) is 5.91 Å². The number of rotatable bonds is 6. The van der Waals surface area contributed by atoms with E-state index in [1.54, 1.807) is 24.3 Å². The fourth-order valence-corrected chi connectivity index (χ4v) is 5.68. The number of halogens is 6. The minimum atomic E-state index is -4.14. The summed E-state index contributed by atoms with van der Waals surface area (Å²) in [5.41, 5.74) is 2.10. The number of nitrogens with zero attached hydrogens (tertiary/aromatic N) is 4. The maximum absolute atomic E-state index is 13.1. The fraction of sp³-hybridized carbons (Fsp3) is 0.346. The highest BCUT2D eigenvalue weighted by Gasteiger charge is 2.32. The highest BCUT2D eigenvalue weighted by molar-refractivity contribution is 6.40. The number of anilines is 3. The van der Waals surface area contributed by atoms with Gasteiger partial charge >= 0.3 is 6.18 Å². The number of amides is 1. The number of hydrogen-bond acceptors (Lipinski definition) is 6. The van der Waals surface area contributed by atoms with Gasteiger partial charge in [0.2, 0.25) is 11.8 Å². The van der Waals surface area contributed by atoms with E-state index in [9.17, 15) is 18.0 Å².